The van der Waals surface area contributed by atoms with Gasteiger partial charge in [-0.05, 0) is 36.5 Å². The smallest absolute Gasteiger partial charge is 0.207 e. The Morgan fingerprint density at radius 1 is 1.14 bits per heavy atom. The van der Waals surface area contributed by atoms with Gasteiger partial charge in [-0.2, -0.15) is 0 Å². The molecule has 0 bridgehead atoms. The summed E-state index contributed by atoms with van der Waals surface area (Å²) in [6, 6.07) is 6.88. The molecule has 0 atom stereocenters. The third-order valence-corrected chi connectivity index (χ3v) is 4.11. The maximum absolute atomic E-state index is 11.0. The standard InChI is InChI=1S/C10H11ClO2S/c11-14(12,13)10-6-4-9(5-7-10)8-2-1-3-8/h4-8H,1-3H2. The third kappa shape index (κ3) is 1.93. The first kappa shape index (κ1) is 9.99. The summed E-state index contributed by atoms with van der Waals surface area (Å²) in [5.74, 6) is 0.627. The molecule has 76 valence electrons. The van der Waals surface area contributed by atoms with Gasteiger partial charge in [-0.15, -0.1) is 0 Å². The third-order valence-electron chi connectivity index (χ3n) is 2.74. The molecule has 0 N–H and O–H groups in total. The van der Waals surface area contributed by atoms with E-state index in [1.54, 1.807) is 12.1 Å². The molecule has 1 saturated carbocycles. The highest BCUT2D eigenvalue weighted by Crippen LogP contribution is 2.36. The SMILES string of the molecule is O=S(=O)(Cl)c1ccc(C2CCC2)cc1. The van der Waals surface area contributed by atoms with Crippen molar-refractivity contribution < 1.29 is 8.42 Å². The van der Waals surface area contributed by atoms with Crippen LogP contribution in [0.15, 0.2) is 29.2 Å². The summed E-state index contributed by atoms with van der Waals surface area (Å²) in [4.78, 5) is 0.183. The van der Waals surface area contributed by atoms with Crippen molar-refractivity contribution in [2.24, 2.45) is 0 Å². The number of hydrogen-bond acceptors (Lipinski definition) is 2. The van der Waals surface area contributed by atoms with Gasteiger partial charge in [-0.1, -0.05) is 18.6 Å². The zero-order valence-corrected chi connectivity index (χ0v) is 9.18. The molecule has 1 fully saturated rings. The fourth-order valence-electron chi connectivity index (χ4n) is 1.64. The van der Waals surface area contributed by atoms with E-state index >= 15 is 0 Å². The van der Waals surface area contributed by atoms with Crippen LogP contribution in [0.25, 0.3) is 0 Å². The zero-order valence-electron chi connectivity index (χ0n) is 7.61. The average Bonchev–Trinajstić information content (AvgIpc) is 2.00. The Morgan fingerprint density at radius 2 is 1.71 bits per heavy atom. The molecule has 1 aliphatic carbocycles. The Bertz CT molecular complexity index is 418. The van der Waals surface area contributed by atoms with Crippen molar-refractivity contribution in [1.29, 1.82) is 0 Å². The quantitative estimate of drug-likeness (QED) is 0.733. The zero-order chi connectivity index (χ0) is 10.2. The molecular weight excluding hydrogens is 220 g/mol. The predicted octanol–water partition coefficient (Wildman–Crippen LogP) is 2.88. The molecule has 4 heteroatoms. The van der Waals surface area contributed by atoms with Gasteiger partial charge in [0.2, 0.25) is 0 Å². The normalized spacial score (nSPS) is 17.8. The van der Waals surface area contributed by atoms with Crippen LogP contribution in [0.2, 0.25) is 0 Å². The molecule has 0 amide bonds. The second-order valence-corrected chi connectivity index (χ2v) is 6.20. The number of hydrogen-bond donors (Lipinski definition) is 0. The molecule has 0 aromatic heterocycles. The molecule has 14 heavy (non-hydrogen) atoms. The summed E-state index contributed by atoms with van der Waals surface area (Å²) in [6.45, 7) is 0. The Labute approximate surface area is 88.3 Å². The molecule has 2 nitrogen and oxygen atoms in total. The van der Waals surface area contributed by atoms with Gasteiger partial charge in [-0.3, -0.25) is 0 Å². The molecule has 2 rings (SSSR count). The van der Waals surface area contributed by atoms with Crippen molar-refractivity contribution in [2.75, 3.05) is 0 Å². The van der Waals surface area contributed by atoms with Crippen LogP contribution in [-0.4, -0.2) is 8.42 Å². The first-order chi connectivity index (χ1) is 6.57. The highest BCUT2D eigenvalue weighted by atomic mass is 35.7. The van der Waals surface area contributed by atoms with Crippen LogP contribution in [-0.2, 0) is 9.05 Å². The van der Waals surface area contributed by atoms with E-state index in [0.29, 0.717) is 5.92 Å². The molecule has 0 aliphatic heterocycles. The Kier molecular flexibility index (Phi) is 2.54. The number of halogens is 1. The van der Waals surface area contributed by atoms with Gasteiger partial charge in [0.15, 0.2) is 0 Å². The topological polar surface area (TPSA) is 34.1 Å². The van der Waals surface area contributed by atoms with E-state index < -0.39 is 9.05 Å². The van der Waals surface area contributed by atoms with Gasteiger partial charge in [0.25, 0.3) is 9.05 Å². The first-order valence-electron chi connectivity index (χ1n) is 4.62. The van der Waals surface area contributed by atoms with Gasteiger partial charge in [0, 0.05) is 10.7 Å². The van der Waals surface area contributed by atoms with E-state index in [4.69, 9.17) is 10.7 Å². The highest BCUT2D eigenvalue weighted by molar-refractivity contribution is 8.13. The minimum atomic E-state index is -3.56. The van der Waals surface area contributed by atoms with Crippen LogP contribution in [0.1, 0.15) is 30.7 Å². The minimum absolute atomic E-state index is 0.183. The second-order valence-electron chi connectivity index (χ2n) is 3.63. The van der Waals surface area contributed by atoms with E-state index in [0.717, 1.165) is 0 Å². The maximum Gasteiger partial charge on any atom is 0.261 e. The molecule has 1 aromatic rings. The van der Waals surface area contributed by atoms with Crippen LogP contribution in [0.3, 0.4) is 0 Å². The van der Waals surface area contributed by atoms with E-state index in [-0.39, 0.29) is 4.90 Å². The fraction of sp³-hybridized carbons (Fsp3) is 0.400. The summed E-state index contributed by atoms with van der Waals surface area (Å²) in [7, 11) is 1.65. The van der Waals surface area contributed by atoms with Crippen molar-refractivity contribution in [1.82, 2.24) is 0 Å². The lowest BCUT2D eigenvalue weighted by Crippen LogP contribution is -2.08. The molecule has 1 aromatic carbocycles. The molecule has 0 heterocycles. The van der Waals surface area contributed by atoms with Gasteiger partial charge in [0.1, 0.15) is 0 Å². The average molecular weight is 231 g/mol. The van der Waals surface area contributed by atoms with E-state index in [1.165, 1.54) is 24.8 Å². The van der Waals surface area contributed by atoms with Crippen molar-refractivity contribution in [3.63, 3.8) is 0 Å². The molecule has 1 aliphatic rings. The fourth-order valence-corrected chi connectivity index (χ4v) is 2.41. The van der Waals surface area contributed by atoms with E-state index in [9.17, 15) is 8.42 Å². The summed E-state index contributed by atoms with van der Waals surface area (Å²) in [6.07, 6.45) is 3.71. The lowest BCUT2D eigenvalue weighted by atomic mass is 9.80. The minimum Gasteiger partial charge on any atom is -0.207 e. The summed E-state index contributed by atoms with van der Waals surface area (Å²) >= 11 is 0. The number of rotatable bonds is 2. The van der Waals surface area contributed by atoms with Crippen LogP contribution in [0, 0.1) is 0 Å². The summed E-state index contributed by atoms with van der Waals surface area (Å²) < 4.78 is 21.9. The monoisotopic (exact) mass is 230 g/mol. The van der Waals surface area contributed by atoms with E-state index in [1.807, 2.05) is 12.1 Å². The van der Waals surface area contributed by atoms with Crippen LogP contribution >= 0.6 is 10.7 Å². The van der Waals surface area contributed by atoms with E-state index in [2.05, 4.69) is 0 Å². The highest BCUT2D eigenvalue weighted by Gasteiger charge is 2.19. The Morgan fingerprint density at radius 3 is 2.07 bits per heavy atom. The Balaban J connectivity index is 2.26. The van der Waals surface area contributed by atoms with Gasteiger partial charge < -0.3 is 0 Å². The molecule has 0 saturated heterocycles. The van der Waals surface area contributed by atoms with Gasteiger partial charge in [0.05, 0.1) is 4.90 Å². The number of benzene rings is 1. The largest absolute Gasteiger partial charge is 0.261 e. The van der Waals surface area contributed by atoms with Crippen molar-refractivity contribution in [2.45, 2.75) is 30.1 Å². The van der Waals surface area contributed by atoms with Crippen molar-refractivity contribution >= 4 is 19.7 Å². The molecule has 0 spiro atoms. The van der Waals surface area contributed by atoms with Gasteiger partial charge >= 0.3 is 0 Å². The Hall–Kier alpha value is -0.540. The van der Waals surface area contributed by atoms with Crippen molar-refractivity contribution in [3.8, 4) is 0 Å². The predicted molar refractivity (Wildman–Crippen MR) is 56.1 cm³/mol. The molecule has 0 radical (unpaired) electrons. The molecular formula is C10H11ClO2S. The van der Waals surface area contributed by atoms with Crippen LogP contribution in [0.5, 0.6) is 0 Å². The lowest BCUT2D eigenvalue weighted by Gasteiger charge is -2.25. The lowest BCUT2D eigenvalue weighted by molar-refractivity contribution is 0.419. The summed E-state index contributed by atoms with van der Waals surface area (Å²) in [5.41, 5.74) is 1.22. The van der Waals surface area contributed by atoms with Crippen LogP contribution < -0.4 is 0 Å². The van der Waals surface area contributed by atoms with Crippen molar-refractivity contribution in [3.05, 3.63) is 29.8 Å². The second kappa shape index (κ2) is 3.55. The van der Waals surface area contributed by atoms with Gasteiger partial charge in [-0.25, -0.2) is 8.42 Å². The summed E-state index contributed by atoms with van der Waals surface area (Å²) in [5, 5.41) is 0. The van der Waals surface area contributed by atoms with Crippen LogP contribution in [0.4, 0.5) is 0 Å². The molecule has 0 unspecified atom stereocenters. The first-order valence-corrected chi connectivity index (χ1v) is 6.93. The maximum atomic E-state index is 11.0.